The number of carbonyl (C=O) groups excluding carboxylic acids is 2. The first kappa shape index (κ1) is 20.3. The van der Waals surface area contributed by atoms with Crippen LogP contribution in [0.4, 0.5) is 0 Å². The predicted molar refractivity (Wildman–Crippen MR) is 113 cm³/mol. The Morgan fingerprint density at radius 3 is 1.83 bits per heavy atom. The Bertz CT molecular complexity index is 1030. The number of esters is 2. The van der Waals surface area contributed by atoms with Crippen molar-refractivity contribution in [1.29, 1.82) is 0 Å². The molecule has 3 aromatic carbocycles. The van der Waals surface area contributed by atoms with Gasteiger partial charge in [0.1, 0.15) is 11.5 Å². The van der Waals surface area contributed by atoms with Gasteiger partial charge in [-0.2, -0.15) is 0 Å². The van der Waals surface area contributed by atoms with Gasteiger partial charge in [0.15, 0.2) is 0 Å². The fourth-order valence-electron chi connectivity index (χ4n) is 3.20. The quantitative estimate of drug-likeness (QED) is 0.405. The smallest absolute Gasteiger partial charge is 0.344 e. The fourth-order valence-corrected chi connectivity index (χ4v) is 3.20. The molecule has 29 heavy (non-hydrogen) atoms. The molecule has 0 bridgehead atoms. The summed E-state index contributed by atoms with van der Waals surface area (Å²) in [5, 5.41) is 0. The molecule has 0 spiro atoms. The Kier molecular flexibility index (Phi) is 6.13. The van der Waals surface area contributed by atoms with Gasteiger partial charge >= 0.3 is 11.9 Å². The maximum atomic E-state index is 12.8. The normalized spacial score (nSPS) is 10.7. The van der Waals surface area contributed by atoms with Crippen LogP contribution in [0, 0.1) is 13.8 Å². The van der Waals surface area contributed by atoms with Crippen LogP contribution in [0.2, 0.25) is 0 Å². The minimum Gasteiger partial charge on any atom is -0.423 e. The monoisotopic (exact) mass is 388 g/mol. The Hall–Kier alpha value is -3.40. The van der Waals surface area contributed by atoms with E-state index in [0.29, 0.717) is 11.5 Å². The molecule has 0 aliphatic carbocycles. The Morgan fingerprint density at radius 1 is 0.724 bits per heavy atom. The van der Waals surface area contributed by atoms with E-state index in [-0.39, 0.29) is 17.0 Å². The van der Waals surface area contributed by atoms with E-state index in [1.807, 2.05) is 52.0 Å². The summed E-state index contributed by atoms with van der Waals surface area (Å²) in [5.41, 5.74) is 3.24. The van der Waals surface area contributed by atoms with Crippen LogP contribution in [0.1, 0.15) is 57.2 Å². The van der Waals surface area contributed by atoms with Crippen molar-refractivity contribution in [3.63, 3.8) is 0 Å². The van der Waals surface area contributed by atoms with Crippen LogP contribution in [-0.4, -0.2) is 11.9 Å². The van der Waals surface area contributed by atoms with E-state index in [0.717, 1.165) is 16.7 Å². The highest BCUT2D eigenvalue weighted by atomic mass is 16.5. The highest BCUT2D eigenvalue weighted by molar-refractivity contribution is 6.04. The summed E-state index contributed by atoms with van der Waals surface area (Å²) in [6.45, 7) is 7.92. The van der Waals surface area contributed by atoms with E-state index >= 15 is 0 Å². The standard InChI is InChI=1S/C25H24O4/c1-16(2)20-9-7-8-12-23(20)29-25(27)22-11-6-5-10-21(22)24(26)28-19-14-17(3)13-18(4)15-19/h5-16H,1-4H3. The third-order valence-electron chi connectivity index (χ3n) is 4.52. The summed E-state index contributed by atoms with van der Waals surface area (Å²) in [5.74, 6) is -0.0552. The molecule has 0 N–H and O–H groups in total. The highest BCUT2D eigenvalue weighted by Crippen LogP contribution is 2.27. The fraction of sp³-hybridized carbons (Fsp3) is 0.200. The lowest BCUT2D eigenvalue weighted by molar-refractivity contribution is 0.0691. The molecule has 0 heterocycles. The SMILES string of the molecule is Cc1cc(C)cc(OC(=O)c2ccccc2C(=O)Oc2ccccc2C(C)C)c1. The van der Waals surface area contributed by atoms with Gasteiger partial charge in [-0.3, -0.25) is 0 Å². The molecule has 0 unspecified atom stereocenters. The van der Waals surface area contributed by atoms with Gasteiger partial charge in [-0.15, -0.1) is 0 Å². The Morgan fingerprint density at radius 2 is 1.24 bits per heavy atom. The molecule has 0 aliphatic heterocycles. The van der Waals surface area contributed by atoms with Gasteiger partial charge in [0.05, 0.1) is 11.1 Å². The van der Waals surface area contributed by atoms with Gasteiger partial charge in [0, 0.05) is 0 Å². The average Bonchev–Trinajstić information content (AvgIpc) is 2.67. The predicted octanol–water partition coefficient (Wildman–Crippen LogP) is 5.87. The second-order valence-electron chi connectivity index (χ2n) is 7.34. The second-order valence-corrected chi connectivity index (χ2v) is 7.34. The third-order valence-corrected chi connectivity index (χ3v) is 4.52. The molecular formula is C25H24O4. The molecule has 0 aliphatic rings. The zero-order valence-corrected chi connectivity index (χ0v) is 17.1. The van der Waals surface area contributed by atoms with Gasteiger partial charge in [-0.1, -0.05) is 50.2 Å². The lowest BCUT2D eigenvalue weighted by Gasteiger charge is -2.14. The van der Waals surface area contributed by atoms with Crippen molar-refractivity contribution in [2.45, 2.75) is 33.6 Å². The largest absolute Gasteiger partial charge is 0.423 e. The number of aryl methyl sites for hydroxylation is 2. The Balaban J connectivity index is 1.87. The number of benzene rings is 3. The molecule has 148 valence electrons. The van der Waals surface area contributed by atoms with E-state index in [9.17, 15) is 9.59 Å². The van der Waals surface area contributed by atoms with Crippen LogP contribution in [0.25, 0.3) is 0 Å². The van der Waals surface area contributed by atoms with E-state index in [1.165, 1.54) is 0 Å². The zero-order chi connectivity index (χ0) is 21.0. The summed E-state index contributed by atoms with van der Waals surface area (Å²) in [7, 11) is 0. The first-order valence-corrected chi connectivity index (χ1v) is 9.55. The van der Waals surface area contributed by atoms with E-state index in [4.69, 9.17) is 9.47 Å². The molecular weight excluding hydrogens is 364 g/mol. The number of para-hydroxylation sites is 1. The maximum absolute atomic E-state index is 12.8. The van der Waals surface area contributed by atoms with Crippen molar-refractivity contribution in [1.82, 2.24) is 0 Å². The van der Waals surface area contributed by atoms with Crippen molar-refractivity contribution in [2.75, 3.05) is 0 Å². The van der Waals surface area contributed by atoms with Crippen LogP contribution < -0.4 is 9.47 Å². The molecule has 3 rings (SSSR count). The Labute approximate surface area is 171 Å². The van der Waals surface area contributed by atoms with Crippen LogP contribution >= 0.6 is 0 Å². The first-order chi connectivity index (χ1) is 13.8. The summed E-state index contributed by atoms with van der Waals surface area (Å²) in [6, 6.07) is 19.5. The van der Waals surface area contributed by atoms with Crippen LogP contribution in [-0.2, 0) is 0 Å². The number of ether oxygens (including phenoxy) is 2. The summed E-state index contributed by atoms with van der Waals surface area (Å²) < 4.78 is 11.1. The summed E-state index contributed by atoms with van der Waals surface area (Å²) >= 11 is 0. The molecule has 0 radical (unpaired) electrons. The highest BCUT2D eigenvalue weighted by Gasteiger charge is 2.21. The number of hydrogen-bond donors (Lipinski definition) is 0. The van der Waals surface area contributed by atoms with Crippen LogP contribution in [0.5, 0.6) is 11.5 Å². The number of rotatable bonds is 5. The van der Waals surface area contributed by atoms with Gasteiger partial charge < -0.3 is 9.47 Å². The average molecular weight is 388 g/mol. The number of hydrogen-bond acceptors (Lipinski definition) is 4. The van der Waals surface area contributed by atoms with Crippen molar-refractivity contribution in [3.05, 3.63) is 94.5 Å². The summed E-state index contributed by atoms with van der Waals surface area (Å²) in [4.78, 5) is 25.6. The van der Waals surface area contributed by atoms with E-state index < -0.39 is 11.9 Å². The van der Waals surface area contributed by atoms with Gasteiger partial charge in [0.25, 0.3) is 0 Å². The zero-order valence-electron chi connectivity index (χ0n) is 17.1. The lowest BCUT2D eigenvalue weighted by Crippen LogP contribution is -2.18. The molecule has 4 nitrogen and oxygen atoms in total. The third kappa shape index (κ3) is 4.91. The number of carbonyl (C=O) groups is 2. The molecule has 0 amide bonds. The van der Waals surface area contributed by atoms with E-state index in [1.54, 1.807) is 42.5 Å². The first-order valence-electron chi connectivity index (χ1n) is 9.55. The minimum absolute atomic E-state index is 0.165. The molecule has 0 saturated carbocycles. The van der Waals surface area contributed by atoms with Gasteiger partial charge in [0.2, 0.25) is 0 Å². The van der Waals surface area contributed by atoms with Crippen molar-refractivity contribution in [2.24, 2.45) is 0 Å². The van der Waals surface area contributed by atoms with Crippen molar-refractivity contribution < 1.29 is 19.1 Å². The van der Waals surface area contributed by atoms with Crippen LogP contribution in [0.3, 0.4) is 0 Å². The molecule has 0 atom stereocenters. The second kappa shape index (κ2) is 8.74. The van der Waals surface area contributed by atoms with E-state index in [2.05, 4.69) is 0 Å². The molecule has 0 fully saturated rings. The maximum Gasteiger partial charge on any atom is 0.344 e. The van der Waals surface area contributed by atoms with Gasteiger partial charge in [-0.05, 0) is 66.8 Å². The molecule has 0 aromatic heterocycles. The van der Waals surface area contributed by atoms with Crippen LogP contribution in [0.15, 0.2) is 66.7 Å². The lowest BCUT2D eigenvalue weighted by atomic mass is 10.0. The topological polar surface area (TPSA) is 52.6 Å². The van der Waals surface area contributed by atoms with Crippen molar-refractivity contribution in [3.8, 4) is 11.5 Å². The van der Waals surface area contributed by atoms with Crippen molar-refractivity contribution >= 4 is 11.9 Å². The minimum atomic E-state index is -0.598. The molecule has 4 heteroatoms. The molecule has 3 aromatic rings. The molecule has 0 saturated heterocycles. The summed E-state index contributed by atoms with van der Waals surface area (Å²) in [6.07, 6.45) is 0. The van der Waals surface area contributed by atoms with Gasteiger partial charge in [-0.25, -0.2) is 9.59 Å².